The number of nitrogens with one attached hydrogen (secondary N) is 1. The number of halogens is 1. The van der Waals surface area contributed by atoms with Crippen LogP contribution in [0.3, 0.4) is 0 Å². The highest BCUT2D eigenvalue weighted by Gasteiger charge is 2.41. The van der Waals surface area contributed by atoms with Crippen molar-refractivity contribution in [2.45, 2.75) is 39.7 Å². The van der Waals surface area contributed by atoms with Gasteiger partial charge in [0.2, 0.25) is 0 Å². The number of hydrogen-bond acceptors (Lipinski definition) is 3. The summed E-state index contributed by atoms with van der Waals surface area (Å²) in [6.45, 7) is 6.84. The fraction of sp³-hybridized carbons (Fsp3) is 0.500. The molecule has 1 aliphatic carbocycles. The van der Waals surface area contributed by atoms with E-state index in [9.17, 15) is 4.79 Å². The molecule has 0 radical (unpaired) electrons. The molecule has 0 aliphatic heterocycles. The average molecular weight is 365 g/mol. The number of carbonyl (C=O) groups is 1. The first-order valence-electron chi connectivity index (χ1n) is 7.54. The quantitative estimate of drug-likeness (QED) is 0.875. The monoisotopic (exact) mass is 364 g/mol. The van der Waals surface area contributed by atoms with E-state index >= 15 is 0 Å². The standard InChI is InChI=1S/C16H21BrN4O/c1-9-4-5-13(16(9,2)3)20-14-11(15(18)22)7-19-21-8-10(17)6-12(14)21/h6-9,13,20H,4-5H2,1-3H3,(H2,18,22)/t9-,13+/m0/s1. The molecule has 0 aromatic carbocycles. The molecule has 1 aliphatic rings. The van der Waals surface area contributed by atoms with Crippen LogP contribution in [0.5, 0.6) is 0 Å². The Bertz CT molecular complexity index is 737. The molecular weight excluding hydrogens is 344 g/mol. The van der Waals surface area contributed by atoms with Gasteiger partial charge in [0.05, 0.1) is 23.0 Å². The normalized spacial score (nSPS) is 23.8. The van der Waals surface area contributed by atoms with Crippen LogP contribution < -0.4 is 11.1 Å². The summed E-state index contributed by atoms with van der Waals surface area (Å²) in [4.78, 5) is 11.8. The van der Waals surface area contributed by atoms with Gasteiger partial charge in [0.15, 0.2) is 0 Å². The SMILES string of the molecule is C[C@H]1CC[C@@H](Nc2c(C(N)=O)cnn3cc(Br)cc23)C1(C)C. The van der Waals surface area contributed by atoms with E-state index in [0.29, 0.717) is 17.5 Å². The maximum absolute atomic E-state index is 11.8. The van der Waals surface area contributed by atoms with Gasteiger partial charge >= 0.3 is 0 Å². The second kappa shape index (κ2) is 5.26. The van der Waals surface area contributed by atoms with Gasteiger partial charge in [-0.15, -0.1) is 0 Å². The molecule has 3 rings (SSSR count). The van der Waals surface area contributed by atoms with Gasteiger partial charge in [-0.25, -0.2) is 4.52 Å². The van der Waals surface area contributed by atoms with Crippen LogP contribution >= 0.6 is 15.9 Å². The van der Waals surface area contributed by atoms with Crippen LogP contribution in [0.1, 0.15) is 44.0 Å². The molecule has 5 nitrogen and oxygen atoms in total. The largest absolute Gasteiger partial charge is 0.379 e. The van der Waals surface area contributed by atoms with Crippen molar-refractivity contribution in [1.29, 1.82) is 0 Å². The van der Waals surface area contributed by atoms with Crippen LogP contribution in [-0.2, 0) is 0 Å². The van der Waals surface area contributed by atoms with Crippen molar-refractivity contribution in [1.82, 2.24) is 9.61 Å². The van der Waals surface area contributed by atoms with E-state index in [0.717, 1.165) is 22.1 Å². The van der Waals surface area contributed by atoms with Crippen molar-refractivity contribution in [3.8, 4) is 0 Å². The lowest BCUT2D eigenvalue weighted by molar-refractivity contribution is 0.100. The second-order valence-corrected chi connectivity index (χ2v) is 7.70. The highest BCUT2D eigenvalue weighted by atomic mass is 79.9. The molecule has 2 aromatic heterocycles. The smallest absolute Gasteiger partial charge is 0.252 e. The average Bonchev–Trinajstić information content (AvgIpc) is 2.92. The molecule has 1 saturated carbocycles. The molecule has 1 fully saturated rings. The van der Waals surface area contributed by atoms with Gasteiger partial charge in [-0.2, -0.15) is 5.10 Å². The molecule has 2 atom stereocenters. The minimum absolute atomic E-state index is 0.166. The van der Waals surface area contributed by atoms with E-state index < -0.39 is 5.91 Å². The van der Waals surface area contributed by atoms with Gasteiger partial charge < -0.3 is 11.1 Å². The van der Waals surface area contributed by atoms with Gasteiger partial charge in [-0.3, -0.25) is 4.79 Å². The first-order valence-corrected chi connectivity index (χ1v) is 8.33. The van der Waals surface area contributed by atoms with E-state index in [4.69, 9.17) is 5.73 Å². The second-order valence-electron chi connectivity index (χ2n) is 6.78. The van der Waals surface area contributed by atoms with Crippen molar-refractivity contribution in [2.24, 2.45) is 17.1 Å². The fourth-order valence-corrected chi connectivity index (χ4v) is 3.71. The summed E-state index contributed by atoms with van der Waals surface area (Å²) in [7, 11) is 0. The lowest BCUT2D eigenvalue weighted by Crippen LogP contribution is -2.35. The first-order chi connectivity index (χ1) is 10.3. The van der Waals surface area contributed by atoms with Crippen molar-refractivity contribution in [3.05, 3.63) is 28.5 Å². The maximum Gasteiger partial charge on any atom is 0.252 e. The number of nitrogens with zero attached hydrogens (tertiary/aromatic N) is 2. The predicted octanol–water partition coefficient (Wildman–Crippen LogP) is 3.43. The van der Waals surface area contributed by atoms with E-state index in [1.54, 1.807) is 4.52 Å². The minimum Gasteiger partial charge on any atom is -0.379 e. The fourth-order valence-electron chi connectivity index (χ4n) is 3.30. The Morgan fingerprint density at radius 3 is 2.82 bits per heavy atom. The van der Waals surface area contributed by atoms with Crippen LogP contribution in [0.15, 0.2) is 22.9 Å². The molecule has 22 heavy (non-hydrogen) atoms. The number of hydrogen-bond donors (Lipinski definition) is 2. The van der Waals surface area contributed by atoms with Crippen LogP contribution in [-0.4, -0.2) is 21.6 Å². The minimum atomic E-state index is -0.460. The van der Waals surface area contributed by atoms with Crippen LogP contribution in [0.25, 0.3) is 5.52 Å². The molecule has 0 spiro atoms. The summed E-state index contributed by atoms with van der Waals surface area (Å²) in [5, 5.41) is 7.84. The molecule has 2 heterocycles. The topological polar surface area (TPSA) is 72.4 Å². The van der Waals surface area contributed by atoms with Crippen molar-refractivity contribution >= 4 is 33.0 Å². The molecule has 2 aromatic rings. The zero-order chi connectivity index (χ0) is 16.1. The van der Waals surface area contributed by atoms with Crippen molar-refractivity contribution < 1.29 is 4.79 Å². The van der Waals surface area contributed by atoms with Crippen LogP contribution in [0, 0.1) is 11.3 Å². The van der Waals surface area contributed by atoms with E-state index in [1.807, 2.05) is 12.3 Å². The van der Waals surface area contributed by atoms with Gasteiger partial charge in [-0.05, 0) is 46.2 Å². The number of amides is 1. The Morgan fingerprint density at radius 1 is 1.50 bits per heavy atom. The number of fused-ring (bicyclic) bond motifs is 1. The Hall–Kier alpha value is -1.56. The number of carbonyl (C=O) groups excluding carboxylic acids is 1. The lowest BCUT2D eigenvalue weighted by atomic mass is 9.80. The number of rotatable bonds is 3. The summed E-state index contributed by atoms with van der Waals surface area (Å²) >= 11 is 3.46. The van der Waals surface area contributed by atoms with Crippen LogP contribution in [0.4, 0.5) is 5.69 Å². The predicted molar refractivity (Wildman–Crippen MR) is 91.0 cm³/mol. The van der Waals surface area contributed by atoms with Gasteiger partial charge in [0.1, 0.15) is 0 Å². The lowest BCUT2D eigenvalue weighted by Gasteiger charge is -2.33. The Balaban J connectivity index is 2.08. The molecule has 3 N–H and O–H groups in total. The van der Waals surface area contributed by atoms with Gasteiger partial charge in [0, 0.05) is 16.7 Å². The van der Waals surface area contributed by atoms with E-state index in [1.165, 1.54) is 12.6 Å². The third-order valence-corrected chi connectivity index (χ3v) is 5.68. The van der Waals surface area contributed by atoms with Crippen molar-refractivity contribution in [2.75, 3.05) is 5.32 Å². The molecule has 0 unspecified atom stereocenters. The van der Waals surface area contributed by atoms with E-state index in [2.05, 4.69) is 47.1 Å². The molecule has 118 valence electrons. The molecule has 0 saturated heterocycles. The summed E-state index contributed by atoms with van der Waals surface area (Å²) in [6, 6.07) is 2.26. The number of nitrogens with two attached hydrogens (primary N) is 1. The first kappa shape index (κ1) is 15.3. The highest BCUT2D eigenvalue weighted by molar-refractivity contribution is 9.10. The molecule has 6 heteroatoms. The van der Waals surface area contributed by atoms with Gasteiger partial charge in [-0.1, -0.05) is 20.8 Å². The molecule has 0 bridgehead atoms. The third-order valence-electron chi connectivity index (χ3n) is 5.24. The zero-order valence-corrected chi connectivity index (χ0v) is 14.6. The van der Waals surface area contributed by atoms with E-state index in [-0.39, 0.29) is 5.41 Å². The van der Waals surface area contributed by atoms with Gasteiger partial charge in [0.25, 0.3) is 5.91 Å². The highest BCUT2D eigenvalue weighted by Crippen LogP contribution is 2.44. The zero-order valence-electron chi connectivity index (χ0n) is 13.1. The van der Waals surface area contributed by atoms with Crippen molar-refractivity contribution in [3.63, 3.8) is 0 Å². The Labute approximate surface area is 138 Å². The number of primary amides is 1. The summed E-state index contributed by atoms with van der Waals surface area (Å²) in [5.41, 5.74) is 7.78. The number of aromatic nitrogens is 2. The van der Waals surface area contributed by atoms with Crippen LogP contribution in [0.2, 0.25) is 0 Å². The summed E-state index contributed by atoms with van der Waals surface area (Å²) in [5.74, 6) is 0.178. The molecular formula is C16H21BrN4O. The Morgan fingerprint density at radius 2 is 2.23 bits per heavy atom. The third kappa shape index (κ3) is 2.39. The maximum atomic E-state index is 11.8. The summed E-state index contributed by atoms with van der Waals surface area (Å²) < 4.78 is 2.67. The molecule has 1 amide bonds. The number of anilines is 1. The summed E-state index contributed by atoms with van der Waals surface area (Å²) in [6.07, 6.45) is 5.68. The Kier molecular flexibility index (Phi) is 3.67.